The van der Waals surface area contributed by atoms with Crippen LogP contribution in [0.1, 0.15) is 11.1 Å². The summed E-state index contributed by atoms with van der Waals surface area (Å²) in [6, 6.07) is 2.96. The van der Waals surface area contributed by atoms with Crippen molar-refractivity contribution in [2.24, 2.45) is 0 Å². The maximum Gasteiger partial charge on any atom is 0.335 e. The Hall–Kier alpha value is -1.62. The number of benzene rings is 1. The molecule has 0 radical (unpaired) electrons. The van der Waals surface area contributed by atoms with E-state index in [4.69, 9.17) is 4.74 Å². The average molecular weight is 242 g/mol. The number of ether oxygens (including phenoxy) is 2. The third-order valence-corrected chi connectivity index (χ3v) is 2.39. The van der Waals surface area contributed by atoms with Crippen molar-refractivity contribution in [2.75, 3.05) is 14.2 Å². The van der Waals surface area contributed by atoms with Crippen LogP contribution in [-0.4, -0.2) is 31.4 Å². The number of hydrogen-bond donors (Lipinski definition) is 1. The maximum absolute atomic E-state index is 13.7. The Kier molecular flexibility index (Phi) is 4.45. The molecule has 5 heteroatoms. The van der Waals surface area contributed by atoms with Gasteiger partial charge >= 0.3 is 5.97 Å². The van der Waals surface area contributed by atoms with Crippen molar-refractivity contribution < 1.29 is 23.8 Å². The standard InChI is InChI=1S/C12H15FO4/c1-7-4-9(13)8(11(5-7)16-2)6-10(14)12(15)17-3/h4-5,10,14H,6H2,1-3H3. The fourth-order valence-electron chi connectivity index (χ4n) is 1.53. The highest BCUT2D eigenvalue weighted by molar-refractivity contribution is 5.74. The second-order valence-corrected chi connectivity index (χ2v) is 3.67. The van der Waals surface area contributed by atoms with E-state index >= 15 is 0 Å². The monoisotopic (exact) mass is 242 g/mol. The predicted molar refractivity (Wildman–Crippen MR) is 59.4 cm³/mol. The Balaban J connectivity index is 3.01. The van der Waals surface area contributed by atoms with Gasteiger partial charge < -0.3 is 14.6 Å². The Morgan fingerprint density at radius 3 is 2.65 bits per heavy atom. The Morgan fingerprint density at radius 1 is 1.47 bits per heavy atom. The van der Waals surface area contributed by atoms with Crippen LogP contribution >= 0.6 is 0 Å². The highest BCUT2D eigenvalue weighted by Gasteiger charge is 2.21. The first-order chi connectivity index (χ1) is 7.99. The molecule has 0 aliphatic carbocycles. The molecule has 0 amide bonds. The first-order valence-corrected chi connectivity index (χ1v) is 5.08. The van der Waals surface area contributed by atoms with Crippen LogP contribution in [0.3, 0.4) is 0 Å². The highest BCUT2D eigenvalue weighted by Crippen LogP contribution is 2.25. The lowest BCUT2D eigenvalue weighted by molar-refractivity contribution is -0.150. The third kappa shape index (κ3) is 3.17. The van der Waals surface area contributed by atoms with Gasteiger partial charge in [0.1, 0.15) is 11.6 Å². The Morgan fingerprint density at radius 2 is 2.12 bits per heavy atom. The number of carbonyl (C=O) groups excluding carboxylic acids is 1. The lowest BCUT2D eigenvalue weighted by Crippen LogP contribution is -2.24. The molecule has 0 saturated heterocycles. The lowest BCUT2D eigenvalue weighted by Gasteiger charge is -2.13. The lowest BCUT2D eigenvalue weighted by atomic mass is 10.0. The van der Waals surface area contributed by atoms with Crippen molar-refractivity contribution in [3.05, 3.63) is 29.1 Å². The topological polar surface area (TPSA) is 55.8 Å². The van der Waals surface area contributed by atoms with Gasteiger partial charge in [0, 0.05) is 12.0 Å². The molecule has 94 valence electrons. The van der Waals surface area contributed by atoms with Crippen molar-refractivity contribution in [3.63, 3.8) is 0 Å². The van der Waals surface area contributed by atoms with Gasteiger partial charge in [-0.25, -0.2) is 9.18 Å². The number of aliphatic hydroxyl groups excluding tert-OH is 1. The second kappa shape index (κ2) is 5.63. The first kappa shape index (κ1) is 13.4. The molecule has 1 unspecified atom stereocenters. The maximum atomic E-state index is 13.7. The molecule has 0 bridgehead atoms. The van der Waals surface area contributed by atoms with E-state index in [-0.39, 0.29) is 12.0 Å². The fourth-order valence-corrected chi connectivity index (χ4v) is 1.53. The first-order valence-electron chi connectivity index (χ1n) is 5.08. The molecule has 0 heterocycles. The summed E-state index contributed by atoms with van der Waals surface area (Å²) in [5, 5.41) is 9.49. The molecule has 0 fully saturated rings. The summed E-state index contributed by atoms with van der Waals surface area (Å²) in [7, 11) is 2.57. The molecule has 0 aromatic heterocycles. The molecule has 17 heavy (non-hydrogen) atoms. The van der Waals surface area contributed by atoms with E-state index in [9.17, 15) is 14.3 Å². The molecule has 1 atom stereocenters. The molecule has 1 aromatic rings. The fraction of sp³-hybridized carbons (Fsp3) is 0.417. The number of methoxy groups -OCH3 is 2. The van der Waals surface area contributed by atoms with E-state index in [1.807, 2.05) is 0 Å². The number of aliphatic hydroxyl groups is 1. The van der Waals surface area contributed by atoms with E-state index in [0.29, 0.717) is 11.3 Å². The molecule has 1 N–H and O–H groups in total. The zero-order valence-electron chi connectivity index (χ0n) is 9.99. The number of rotatable bonds is 4. The van der Waals surface area contributed by atoms with Gasteiger partial charge in [-0.2, -0.15) is 0 Å². The molecule has 0 aliphatic rings. The summed E-state index contributed by atoms with van der Waals surface area (Å²) in [6.07, 6.45) is -1.58. The van der Waals surface area contributed by atoms with E-state index < -0.39 is 17.9 Å². The van der Waals surface area contributed by atoms with Crippen molar-refractivity contribution in [3.8, 4) is 5.75 Å². The van der Waals surface area contributed by atoms with Gasteiger partial charge in [-0.3, -0.25) is 0 Å². The molecule has 0 aliphatic heterocycles. The SMILES string of the molecule is COC(=O)C(O)Cc1c(F)cc(C)cc1OC. The smallest absolute Gasteiger partial charge is 0.335 e. The van der Waals surface area contributed by atoms with Crippen LogP contribution in [0.4, 0.5) is 4.39 Å². The van der Waals surface area contributed by atoms with Crippen molar-refractivity contribution in [1.29, 1.82) is 0 Å². The average Bonchev–Trinajstić information content (AvgIpc) is 2.30. The minimum absolute atomic E-state index is 0.163. The molecular formula is C12H15FO4. The van der Waals surface area contributed by atoms with Gasteiger partial charge in [-0.05, 0) is 24.6 Å². The zero-order valence-corrected chi connectivity index (χ0v) is 9.99. The molecule has 4 nitrogen and oxygen atoms in total. The molecular weight excluding hydrogens is 227 g/mol. The van der Waals surface area contributed by atoms with Crippen LogP contribution in [0.2, 0.25) is 0 Å². The van der Waals surface area contributed by atoms with Crippen LogP contribution in [0, 0.1) is 12.7 Å². The van der Waals surface area contributed by atoms with Gasteiger partial charge in [0.05, 0.1) is 14.2 Å². The predicted octanol–water partition coefficient (Wildman–Crippen LogP) is 1.22. The highest BCUT2D eigenvalue weighted by atomic mass is 19.1. The molecule has 0 spiro atoms. The number of halogens is 1. The van der Waals surface area contributed by atoms with E-state index in [1.54, 1.807) is 13.0 Å². The van der Waals surface area contributed by atoms with Crippen molar-refractivity contribution >= 4 is 5.97 Å². The van der Waals surface area contributed by atoms with Crippen molar-refractivity contribution in [1.82, 2.24) is 0 Å². The van der Waals surface area contributed by atoms with Gasteiger partial charge in [0.25, 0.3) is 0 Å². The van der Waals surface area contributed by atoms with Crippen molar-refractivity contribution in [2.45, 2.75) is 19.4 Å². The number of carbonyl (C=O) groups is 1. The minimum atomic E-state index is -1.40. The van der Waals surface area contributed by atoms with Crippen LogP contribution in [0.25, 0.3) is 0 Å². The molecule has 1 rings (SSSR count). The number of hydrogen-bond acceptors (Lipinski definition) is 4. The zero-order chi connectivity index (χ0) is 13.0. The Bertz CT molecular complexity index is 417. The van der Waals surface area contributed by atoms with Crippen LogP contribution in [-0.2, 0) is 16.0 Å². The van der Waals surface area contributed by atoms with Crippen LogP contribution in [0.15, 0.2) is 12.1 Å². The largest absolute Gasteiger partial charge is 0.496 e. The summed E-state index contributed by atoms with van der Waals surface area (Å²) in [6.45, 7) is 1.73. The van der Waals surface area contributed by atoms with E-state index in [2.05, 4.69) is 4.74 Å². The normalized spacial score (nSPS) is 12.1. The molecule has 1 aromatic carbocycles. The quantitative estimate of drug-likeness (QED) is 0.806. The van der Waals surface area contributed by atoms with Gasteiger partial charge in [-0.1, -0.05) is 0 Å². The molecule has 0 saturated carbocycles. The van der Waals surface area contributed by atoms with E-state index in [0.717, 1.165) is 7.11 Å². The van der Waals surface area contributed by atoms with Gasteiger partial charge in [0.15, 0.2) is 6.10 Å². The van der Waals surface area contributed by atoms with Gasteiger partial charge in [0.2, 0.25) is 0 Å². The van der Waals surface area contributed by atoms with Crippen LogP contribution in [0.5, 0.6) is 5.75 Å². The summed E-state index contributed by atoms with van der Waals surface area (Å²) >= 11 is 0. The summed E-state index contributed by atoms with van der Waals surface area (Å²) in [5.74, 6) is -0.998. The minimum Gasteiger partial charge on any atom is -0.496 e. The Labute approximate surface area is 99.0 Å². The number of esters is 1. The summed E-state index contributed by atoms with van der Waals surface area (Å²) < 4.78 is 23.1. The van der Waals surface area contributed by atoms with Gasteiger partial charge in [-0.15, -0.1) is 0 Å². The number of aryl methyl sites for hydroxylation is 1. The third-order valence-electron chi connectivity index (χ3n) is 2.39. The summed E-state index contributed by atoms with van der Waals surface area (Å²) in [4.78, 5) is 11.1. The second-order valence-electron chi connectivity index (χ2n) is 3.67. The van der Waals surface area contributed by atoms with E-state index in [1.165, 1.54) is 13.2 Å². The van der Waals surface area contributed by atoms with Crippen LogP contribution < -0.4 is 4.74 Å². The summed E-state index contributed by atoms with van der Waals surface area (Å²) in [5.41, 5.74) is 0.867.